The maximum absolute atomic E-state index is 13.8. The number of hydrazine groups is 1. The van der Waals surface area contributed by atoms with Crippen molar-refractivity contribution in [3.63, 3.8) is 0 Å². The predicted octanol–water partition coefficient (Wildman–Crippen LogP) is 3.20. The SMILES string of the molecule is COC(=O)[C@@](NNc1ccccc1)(Nc1ccc(Cl)cn1)C(F)(F)F. The topological polar surface area (TPSA) is 75.3 Å². The third-order valence-corrected chi connectivity index (χ3v) is 3.35. The first-order valence-corrected chi connectivity index (χ1v) is 7.29. The maximum atomic E-state index is 13.8. The molecule has 0 aliphatic rings. The normalized spacial score (nSPS) is 13.6. The van der Waals surface area contributed by atoms with Crippen LogP contribution in [0.15, 0.2) is 48.7 Å². The molecule has 0 aliphatic heterocycles. The van der Waals surface area contributed by atoms with E-state index in [1.54, 1.807) is 18.2 Å². The summed E-state index contributed by atoms with van der Waals surface area (Å²) in [5, 5.41) is 2.27. The van der Waals surface area contributed by atoms with Crippen molar-refractivity contribution >= 4 is 29.1 Å². The number of aromatic nitrogens is 1. The van der Waals surface area contributed by atoms with E-state index in [-0.39, 0.29) is 10.8 Å². The molecule has 1 aromatic heterocycles. The number of anilines is 2. The van der Waals surface area contributed by atoms with Gasteiger partial charge in [0.2, 0.25) is 0 Å². The molecule has 1 atom stereocenters. The van der Waals surface area contributed by atoms with E-state index in [2.05, 4.69) is 15.1 Å². The first-order chi connectivity index (χ1) is 11.8. The molecule has 0 amide bonds. The highest BCUT2D eigenvalue weighted by molar-refractivity contribution is 6.30. The summed E-state index contributed by atoms with van der Waals surface area (Å²) < 4.78 is 45.6. The summed E-state index contributed by atoms with van der Waals surface area (Å²) in [7, 11) is 0.851. The van der Waals surface area contributed by atoms with Gasteiger partial charge in [0.1, 0.15) is 5.82 Å². The fourth-order valence-electron chi connectivity index (χ4n) is 1.87. The van der Waals surface area contributed by atoms with Crippen LogP contribution in [0.25, 0.3) is 0 Å². The summed E-state index contributed by atoms with van der Waals surface area (Å²) in [4.78, 5) is 15.7. The maximum Gasteiger partial charge on any atom is 0.438 e. The molecule has 0 spiro atoms. The van der Waals surface area contributed by atoms with Gasteiger partial charge in [-0.3, -0.25) is 0 Å². The van der Waals surface area contributed by atoms with Crippen LogP contribution in [0, 0.1) is 0 Å². The monoisotopic (exact) mass is 374 g/mol. The van der Waals surface area contributed by atoms with Gasteiger partial charge in [-0.05, 0) is 24.3 Å². The molecule has 0 bridgehead atoms. The highest BCUT2D eigenvalue weighted by Crippen LogP contribution is 2.32. The summed E-state index contributed by atoms with van der Waals surface area (Å²) in [5.41, 5.74) is 1.35. The molecule has 0 saturated heterocycles. The number of hydrogen-bond donors (Lipinski definition) is 3. The molecule has 2 aromatic rings. The molecule has 3 N–H and O–H groups in total. The molecule has 134 valence electrons. The van der Waals surface area contributed by atoms with Gasteiger partial charge in [-0.15, -0.1) is 0 Å². The van der Waals surface area contributed by atoms with Crippen LogP contribution < -0.4 is 16.2 Å². The molecule has 25 heavy (non-hydrogen) atoms. The Hall–Kier alpha value is -2.52. The number of para-hydroxylation sites is 1. The van der Waals surface area contributed by atoms with Gasteiger partial charge in [-0.1, -0.05) is 29.8 Å². The quantitative estimate of drug-likeness (QED) is 0.409. The number of alkyl halides is 3. The molecule has 0 fully saturated rings. The highest BCUT2D eigenvalue weighted by atomic mass is 35.5. The molecule has 0 aliphatic carbocycles. The minimum absolute atomic E-state index is 0.227. The van der Waals surface area contributed by atoms with Gasteiger partial charge in [0, 0.05) is 11.9 Å². The Morgan fingerprint density at radius 3 is 2.36 bits per heavy atom. The van der Waals surface area contributed by atoms with Gasteiger partial charge in [0.15, 0.2) is 0 Å². The molecular weight excluding hydrogens is 361 g/mol. The number of carbonyl (C=O) groups is 1. The number of rotatable bonds is 6. The van der Waals surface area contributed by atoms with E-state index in [1.165, 1.54) is 24.3 Å². The number of pyridine rings is 1. The van der Waals surface area contributed by atoms with Crippen LogP contribution in [0.1, 0.15) is 0 Å². The lowest BCUT2D eigenvalue weighted by Crippen LogP contribution is -2.69. The Balaban J connectivity index is 2.37. The van der Waals surface area contributed by atoms with Crippen molar-refractivity contribution in [1.82, 2.24) is 10.4 Å². The van der Waals surface area contributed by atoms with Crippen LogP contribution in [0.3, 0.4) is 0 Å². The minimum atomic E-state index is -5.07. The minimum Gasteiger partial charge on any atom is -0.466 e. The predicted molar refractivity (Wildman–Crippen MR) is 86.9 cm³/mol. The first kappa shape index (κ1) is 18.8. The largest absolute Gasteiger partial charge is 0.466 e. The zero-order chi connectivity index (χ0) is 18.5. The summed E-state index contributed by atoms with van der Waals surface area (Å²) in [6, 6.07) is 10.5. The number of benzene rings is 1. The average molecular weight is 375 g/mol. The number of nitrogens with one attached hydrogen (secondary N) is 3. The molecule has 0 saturated carbocycles. The van der Waals surface area contributed by atoms with Crippen molar-refractivity contribution in [1.29, 1.82) is 0 Å². The van der Waals surface area contributed by atoms with Gasteiger partial charge in [0.25, 0.3) is 0 Å². The fraction of sp³-hybridized carbons (Fsp3) is 0.200. The molecular formula is C15H14ClF3N4O2. The van der Waals surface area contributed by atoms with Gasteiger partial charge in [-0.25, -0.2) is 9.78 Å². The molecule has 6 nitrogen and oxygen atoms in total. The second kappa shape index (κ2) is 7.58. The smallest absolute Gasteiger partial charge is 0.438 e. The summed E-state index contributed by atoms with van der Waals surface area (Å²) in [6.45, 7) is 0. The summed E-state index contributed by atoms with van der Waals surface area (Å²) in [5.74, 6) is -1.82. The second-order valence-electron chi connectivity index (χ2n) is 4.84. The Labute approximate surface area is 146 Å². The Morgan fingerprint density at radius 1 is 1.16 bits per heavy atom. The molecule has 1 heterocycles. The zero-order valence-corrected chi connectivity index (χ0v) is 13.7. The molecule has 1 aromatic carbocycles. The summed E-state index contributed by atoms with van der Waals surface area (Å²) >= 11 is 5.67. The number of carbonyl (C=O) groups excluding carboxylic acids is 1. The zero-order valence-electron chi connectivity index (χ0n) is 12.9. The summed E-state index contributed by atoms with van der Waals surface area (Å²) in [6.07, 6.45) is -3.92. The number of esters is 1. The van der Waals surface area contributed by atoms with E-state index >= 15 is 0 Å². The van der Waals surface area contributed by atoms with E-state index in [9.17, 15) is 18.0 Å². The van der Waals surface area contributed by atoms with E-state index in [4.69, 9.17) is 11.6 Å². The lowest BCUT2D eigenvalue weighted by atomic mass is 10.1. The van der Waals surface area contributed by atoms with Gasteiger partial charge >= 0.3 is 17.8 Å². The average Bonchev–Trinajstić information content (AvgIpc) is 2.59. The highest BCUT2D eigenvalue weighted by Gasteiger charge is 2.63. The number of halogens is 4. The molecule has 0 unspecified atom stereocenters. The van der Waals surface area contributed by atoms with E-state index in [0.29, 0.717) is 5.69 Å². The van der Waals surface area contributed by atoms with Crippen molar-refractivity contribution in [2.45, 2.75) is 11.8 Å². The molecule has 2 rings (SSSR count). The van der Waals surface area contributed by atoms with Crippen LogP contribution >= 0.6 is 11.6 Å². The number of methoxy groups -OCH3 is 1. The number of nitrogens with zero attached hydrogens (tertiary/aromatic N) is 1. The van der Waals surface area contributed by atoms with Gasteiger partial charge < -0.3 is 15.5 Å². The van der Waals surface area contributed by atoms with Crippen molar-refractivity contribution in [3.8, 4) is 0 Å². The van der Waals surface area contributed by atoms with Crippen molar-refractivity contribution < 1.29 is 22.7 Å². The Kier molecular flexibility index (Phi) is 5.70. The molecule has 0 radical (unpaired) electrons. The van der Waals surface area contributed by atoms with Crippen molar-refractivity contribution in [3.05, 3.63) is 53.7 Å². The van der Waals surface area contributed by atoms with Gasteiger partial charge in [0.05, 0.1) is 12.1 Å². The van der Waals surface area contributed by atoms with Crippen LogP contribution in [-0.4, -0.2) is 29.9 Å². The molecule has 10 heteroatoms. The Bertz CT molecular complexity index is 713. The standard InChI is InChI=1S/C15H14ClF3N4O2/c1-25-13(24)14(15(17,18)19,21-12-8-7-10(16)9-20-12)23-22-11-5-3-2-4-6-11/h2-9,22-23H,1H3,(H,20,21)/t14-/m0/s1. The van der Waals surface area contributed by atoms with E-state index < -0.39 is 17.8 Å². The fourth-order valence-corrected chi connectivity index (χ4v) is 1.98. The number of hydrogen-bond acceptors (Lipinski definition) is 6. The Morgan fingerprint density at radius 2 is 1.84 bits per heavy atom. The van der Waals surface area contributed by atoms with Crippen molar-refractivity contribution in [2.75, 3.05) is 17.9 Å². The number of ether oxygens (including phenoxy) is 1. The van der Waals surface area contributed by atoms with Crippen LogP contribution in [0.4, 0.5) is 24.7 Å². The van der Waals surface area contributed by atoms with Crippen LogP contribution in [0.5, 0.6) is 0 Å². The van der Waals surface area contributed by atoms with Crippen LogP contribution in [-0.2, 0) is 9.53 Å². The second-order valence-corrected chi connectivity index (χ2v) is 5.28. The van der Waals surface area contributed by atoms with Gasteiger partial charge in [-0.2, -0.15) is 18.6 Å². The lowest BCUT2D eigenvalue weighted by Gasteiger charge is -2.35. The van der Waals surface area contributed by atoms with Crippen LogP contribution in [0.2, 0.25) is 5.02 Å². The van der Waals surface area contributed by atoms with E-state index in [0.717, 1.165) is 13.3 Å². The van der Waals surface area contributed by atoms with Crippen molar-refractivity contribution in [2.24, 2.45) is 0 Å². The lowest BCUT2D eigenvalue weighted by molar-refractivity contribution is -0.204. The van der Waals surface area contributed by atoms with E-state index in [1.807, 2.05) is 10.7 Å². The third kappa shape index (κ3) is 4.31. The first-order valence-electron chi connectivity index (χ1n) is 6.91. The third-order valence-electron chi connectivity index (χ3n) is 3.13.